The molecule has 0 saturated carbocycles. The van der Waals surface area contributed by atoms with Crippen LogP contribution in [0.25, 0.3) is 21.1 Å². The van der Waals surface area contributed by atoms with Crippen LogP contribution in [0.4, 0.5) is 0 Å². The predicted octanol–water partition coefficient (Wildman–Crippen LogP) is 2.27. The smallest absolute Gasteiger partial charge is 0.265 e. The Balaban J connectivity index is 2.19. The van der Waals surface area contributed by atoms with Gasteiger partial charge >= 0.3 is 0 Å². The zero-order valence-electron chi connectivity index (χ0n) is 9.78. The molecule has 1 aromatic carbocycles. The van der Waals surface area contributed by atoms with Gasteiger partial charge in [0.1, 0.15) is 5.52 Å². The summed E-state index contributed by atoms with van der Waals surface area (Å²) in [6.07, 6.45) is 0.157. The summed E-state index contributed by atoms with van der Waals surface area (Å²) >= 11 is 1.50. The van der Waals surface area contributed by atoms with Crippen LogP contribution in [-0.2, 0) is 16.5 Å². The highest BCUT2D eigenvalue weighted by Gasteiger charge is 2.13. The minimum Gasteiger partial charge on any atom is -0.286 e. The second-order valence-electron chi connectivity index (χ2n) is 4.14. The van der Waals surface area contributed by atoms with E-state index in [-0.39, 0.29) is 12.2 Å². The fraction of sp³-hybridized carbons (Fsp3) is 0.167. The van der Waals surface area contributed by atoms with Crippen LogP contribution >= 0.6 is 11.3 Å². The third kappa shape index (κ3) is 2.44. The van der Waals surface area contributed by atoms with Gasteiger partial charge in [0.15, 0.2) is 0 Å². The summed E-state index contributed by atoms with van der Waals surface area (Å²) in [7, 11) is -3.99. The van der Waals surface area contributed by atoms with Gasteiger partial charge < -0.3 is 0 Å². The van der Waals surface area contributed by atoms with E-state index >= 15 is 0 Å². The van der Waals surface area contributed by atoms with Gasteiger partial charge in [0, 0.05) is 11.8 Å². The Morgan fingerprint density at radius 2 is 2.05 bits per heavy atom. The Kier molecular flexibility index (Phi) is 2.96. The summed E-state index contributed by atoms with van der Waals surface area (Å²) in [5, 5.41) is 1.01. The molecule has 0 bridgehead atoms. The standard InChI is InChI=1S/C12H10N2O3S2/c15-19(16,17)6-5-10-11-12(18-7-13-11)8-3-1-2-4-9(8)14-10/h1-4,7H,5-6H2,(H,15,16,17). The number of hydrogen-bond acceptors (Lipinski definition) is 5. The summed E-state index contributed by atoms with van der Waals surface area (Å²) < 4.78 is 31.5. The first-order chi connectivity index (χ1) is 9.04. The molecule has 0 atom stereocenters. The molecule has 0 spiro atoms. The van der Waals surface area contributed by atoms with Crippen molar-refractivity contribution in [1.29, 1.82) is 0 Å². The van der Waals surface area contributed by atoms with Crippen molar-refractivity contribution in [3.05, 3.63) is 35.5 Å². The maximum Gasteiger partial charge on any atom is 0.265 e. The van der Waals surface area contributed by atoms with E-state index in [1.807, 2.05) is 24.3 Å². The van der Waals surface area contributed by atoms with E-state index in [0.717, 1.165) is 15.6 Å². The molecule has 2 heterocycles. The minimum absolute atomic E-state index is 0.157. The second kappa shape index (κ2) is 4.52. The average molecular weight is 294 g/mol. The van der Waals surface area contributed by atoms with Gasteiger partial charge in [0.2, 0.25) is 0 Å². The topological polar surface area (TPSA) is 80.2 Å². The molecule has 5 nitrogen and oxygen atoms in total. The van der Waals surface area contributed by atoms with Crippen LogP contribution in [0.1, 0.15) is 5.69 Å². The lowest BCUT2D eigenvalue weighted by Gasteiger charge is -2.04. The zero-order valence-corrected chi connectivity index (χ0v) is 11.4. The lowest BCUT2D eigenvalue weighted by Crippen LogP contribution is -2.08. The molecule has 19 heavy (non-hydrogen) atoms. The molecule has 3 aromatic rings. The number of thiazole rings is 1. The van der Waals surface area contributed by atoms with Crippen LogP contribution in [-0.4, -0.2) is 28.7 Å². The van der Waals surface area contributed by atoms with Crippen molar-refractivity contribution in [2.24, 2.45) is 0 Å². The van der Waals surface area contributed by atoms with E-state index in [2.05, 4.69) is 9.97 Å². The largest absolute Gasteiger partial charge is 0.286 e. The maximum atomic E-state index is 10.9. The highest BCUT2D eigenvalue weighted by molar-refractivity contribution is 7.85. The molecular weight excluding hydrogens is 284 g/mol. The highest BCUT2D eigenvalue weighted by Crippen LogP contribution is 2.29. The number of fused-ring (bicyclic) bond motifs is 3. The molecule has 0 radical (unpaired) electrons. The Morgan fingerprint density at radius 1 is 1.26 bits per heavy atom. The fourth-order valence-corrected chi connectivity index (χ4v) is 3.30. The van der Waals surface area contributed by atoms with Crippen molar-refractivity contribution in [3.63, 3.8) is 0 Å². The number of para-hydroxylation sites is 1. The van der Waals surface area contributed by atoms with Crippen LogP contribution in [0.2, 0.25) is 0 Å². The monoisotopic (exact) mass is 294 g/mol. The average Bonchev–Trinajstić information content (AvgIpc) is 2.84. The Hall–Kier alpha value is -1.57. The Bertz CT molecular complexity index is 856. The van der Waals surface area contributed by atoms with E-state index in [0.29, 0.717) is 11.2 Å². The number of aromatic nitrogens is 2. The molecule has 0 aliphatic heterocycles. The molecule has 1 N–H and O–H groups in total. The van der Waals surface area contributed by atoms with Gasteiger partial charge in [0.25, 0.3) is 10.1 Å². The molecule has 0 saturated heterocycles. The van der Waals surface area contributed by atoms with Gasteiger partial charge in [-0.25, -0.2) is 4.98 Å². The normalized spacial score (nSPS) is 12.3. The van der Waals surface area contributed by atoms with Crippen molar-refractivity contribution in [2.45, 2.75) is 6.42 Å². The van der Waals surface area contributed by atoms with Crippen molar-refractivity contribution in [3.8, 4) is 0 Å². The molecule has 0 fully saturated rings. The first kappa shape index (κ1) is 12.5. The third-order valence-corrected chi connectivity index (χ3v) is 4.42. The van der Waals surface area contributed by atoms with Gasteiger partial charge in [-0.3, -0.25) is 9.54 Å². The fourth-order valence-electron chi connectivity index (χ4n) is 2.00. The van der Waals surface area contributed by atoms with E-state index in [9.17, 15) is 8.42 Å². The highest BCUT2D eigenvalue weighted by atomic mass is 32.2. The van der Waals surface area contributed by atoms with Gasteiger partial charge in [-0.05, 0) is 6.07 Å². The van der Waals surface area contributed by atoms with Crippen molar-refractivity contribution < 1.29 is 13.0 Å². The van der Waals surface area contributed by atoms with Crippen LogP contribution in [0.15, 0.2) is 29.8 Å². The minimum atomic E-state index is -3.99. The van der Waals surface area contributed by atoms with Gasteiger partial charge in [-0.15, -0.1) is 11.3 Å². The second-order valence-corrected chi connectivity index (χ2v) is 6.57. The van der Waals surface area contributed by atoms with Gasteiger partial charge in [0.05, 0.1) is 27.2 Å². The summed E-state index contributed by atoms with van der Waals surface area (Å²) in [6.45, 7) is 0. The maximum absolute atomic E-state index is 10.9. The van der Waals surface area contributed by atoms with Crippen molar-refractivity contribution in [2.75, 3.05) is 5.75 Å². The lowest BCUT2D eigenvalue weighted by atomic mass is 10.1. The van der Waals surface area contributed by atoms with E-state index in [4.69, 9.17) is 4.55 Å². The van der Waals surface area contributed by atoms with E-state index in [1.165, 1.54) is 11.3 Å². The van der Waals surface area contributed by atoms with Gasteiger partial charge in [-0.2, -0.15) is 8.42 Å². The molecule has 2 aromatic heterocycles. The molecule has 0 aliphatic carbocycles. The third-order valence-electron chi connectivity index (χ3n) is 2.84. The van der Waals surface area contributed by atoms with Crippen LogP contribution < -0.4 is 0 Å². The zero-order chi connectivity index (χ0) is 13.5. The quantitative estimate of drug-likeness (QED) is 0.750. The molecule has 98 valence electrons. The lowest BCUT2D eigenvalue weighted by molar-refractivity contribution is 0.482. The number of aryl methyl sites for hydroxylation is 1. The Labute approximate surface area is 113 Å². The number of hydrogen-bond donors (Lipinski definition) is 1. The van der Waals surface area contributed by atoms with Crippen molar-refractivity contribution >= 4 is 42.6 Å². The molecule has 0 unspecified atom stereocenters. The van der Waals surface area contributed by atoms with Crippen molar-refractivity contribution in [1.82, 2.24) is 9.97 Å². The summed E-state index contributed by atoms with van der Waals surface area (Å²) in [4.78, 5) is 8.70. The number of rotatable bonds is 3. The number of nitrogens with zero attached hydrogens (tertiary/aromatic N) is 2. The molecule has 7 heteroatoms. The number of benzene rings is 1. The summed E-state index contributed by atoms with van der Waals surface area (Å²) in [5.41, 5.74) is 3.85. The summed E-state index contributed by atoms with van der Waals surface area (Å²) in [6, 6.07) is 7.66. The summed E-state index contributed by atoms with van der Waals surface area (Å²) in [5.74, 6) is -0.342. The molecule has 0 aliphatic rings. The molecule has 0 amide bonds. The molecule has 3 rings (SSSR count). The van der Waals surface area contributed by atoms with Crippen LogP contribution in [0.5, 0.6) is 0 Å². The Morgan fingerprint density at radius 3 is 2.84 bits per heavy atom. The predicted molar refractivity (Wildman–Crippen MR) is 75.0 cm³/mol. The molecular formula is C12H10N2O3S2. The SMILES string of the molecule is O=S(=O)(O)CCc1nc2ccccc2c2scnc12. The van der Waals surface area contributed by atoms with E-state index in [1.54, 1.807) is 5.51 Å². The van der Waals surface area contributed by atoms with Gasteiger partial charge in [-0.1, -0.05) is 18.2 Å². The first-order valence-electron chi connectivity index (χ1n) is 5.60. The first-order valence-corrected chi connectivity index (χ1v) is 8.09. The van der Waals surface area contributed by atoms with Crippen LogP contribution in [0.3, 0.4) is 0 Å². The number of pyridine rings is 1. The van der Waals surface area contributed by atoms with E-state index < -0.39 is 10.1 Å². The van der Waals surface area contributed by atoms with Crippen LogP contribution in [0, 0.1) is 0 Å².